The van der Waals surface area contributed by atoms with E-state index in [0.717, 1.165) is 54.0 Å². The Labute approximate surface area is 218 Å². The predicted octanol–water partition coefficient (Wildman–Crippen LogP) is 5.12. The van der Waals surface area contributed by atoms with E-state index < -0.39 is 0 Å². The Hall–Kier alpha value is -4.01. The Morgan fingerprint density at radius 3 is 2.76 bits per heavy atom. The summed E-state index contributed by atoms with van der Waals surface area (Å²) in [6, 6.07) is 6.01. The van der Waals surface area contributed by atoms with Crippen LogP contribution in [-0.4, -0.2) is 42.9 Å². The molecule has 9 nitrogen and oxygen atoms in total. The molecule has 1 aliphatic rings. The van der Waals surface area contributed by atoms with E-state index in [-0.39, 0.29) is 17.5 Å². The molecule has 1 atom stereocenters. The molecule has 0 aliphatic heterocycles. The molecule has 1 amide bonds. The maximum absolute atomic E-state index is 13.1. The van der Waals surface area contributed by atoms with Gasteiger partial charge in [-0.1, -0.05) is 6.42 Å². The Kier molecular flexibility index (Phi) is 7.71. The van der Waals surface area contributed by atoms with Crippen LogP contribution in [0, 0.1) is 0 Å². The monoisotopic (exact) mass is 500 g/mol. The smallest absolute Gasteiger partial charge is 0.248 e. The summed E-state index contributed by atoms with van der Waals surface area (Å²) in [5, 5.41) is 16.5. The van der Waals surface area contributed by atoms with Gasteiger partial charge in [0.05, 0.1) is 29.2 Å². The number of hydrogen-bond donors (Lipinski definition) is 2. The first-order valence-corrected chi connectivity index (χ1v) is 12.6. The number of aromatic nitrogens is 4. The highest BCUT2D eigenvalue weighted by molar-refractivity contribution is 5.93. The molecule has 3 aromatic rings. The van der Waals surface area contributed by atoms with E-state index in [0.29, 0.717) is 5.57 Å². The average Bonchev–Trinajstić information content (AvgIpc) is 3.16. The summed E-state index contributed by atoms with van der Waals surface area (Å²) in [5.41, 5.74) is 5.36. The zero-order chi connectivity index (χ0) is 26.6. The largest absolute Gasteiger partial charge is 0.345 e. The number of nitrogens with one attached hydrogen (secondary N) is 2. The number of pyridine rings is 2. The summed E-state index contributed by atoms with van der Waals surface area (Å²) in [6.07, 6.45) is 13.0. The highest BCUT2D eigenvalue weighted by Crippen LogP contribution is 2.31. The number of hydrogen-bond acceptors (Lipinski definition) is 7. The van der Waals surface area contributed by atoms with Crippen LogP contribution in [0.3, 0.4) is 0 Å². The van der Waals surface area contributed by atoms with E-state index in [1.165, 1.54) is 5.56 Å². The van der Waals surface area contributed by atoms with Crippen LogP contribution in [-0.2, 0) is 18.3 Å². The molecule has 0 aromatic carbocycles. The summed E-state index contributed by atoms with van der Waals surface area (Å²) in [4.78, 5) is 22.3. The third-order valence-corrected chi connectivity index (χ3v) is 6.44. The lowest BCUT2D eigenvalue weighted by molar-refractivity contribution is -0.118. The molecule has 2 N–H and O–H groups in total. The molecule has 1 aliphatic carbocycles. The van der Waals surface area contributed by atoms with Crippen molar-refractivity contribution >= 4 is 24.1 Å². The standard InChI is InChI=1S/C28H36N8O/c1-19(17-36(29-5)28(2,3)4)27(37)34-24-10-8-7-9-20-13-25(31-16-23(20)24)21-11-12-30-26(14-21)33-22-15-32-35(6)18-22/h11-18,24H,5,7-10H2,1-4,6H3,(H,30,33)(H,34,37)/b19-17+. The topological polar surface area (TPSA) is 100 Å². The first kappa shape index (κ1) is 26.1. The molecule has 3 heterocycles. The van der Waals surface area contributed by atoms with Crippen molar-refractivity contribution in [1.82, 2.24) is 30.1 Å². The van der Waals surface area contributed by atoms with Crippen LogP contribution in [0.5, 0.6) is 0 Å². The molecule has 0 fully saturated rings. The van der Waals surface area contributed by atoms with Crippen LogP contribution in [0.15, 0.2) is 59.9 Å². The molecular formula is C28H36N8O. The maximum atomic E-state index is 13.1. The lowest BCUT2D eigenvalue weighted by atomic mass is 9.99. The fourth-order valence-corrected chi connectivity index (χ4v) is 4.42. The second kappa shape index (κ2) is 10.9. The van der Waals surface area contributed by atoms with Crippen LogP contribution in [0.1, 0.15) is 64.1 Å². The van der Waals surface area contributed by atoms with E-state index in [1.807, 2.05) is 52.3 Å². The Morgan fingerprint density at radius 2 is 2.05 bits per heavy atom. The Balaban J connectivity index is 1.54. The van der Waals surface area contributed by atoms with Gasteiger partial charge in [0, 0.05) is 49.7 Å². The number of nitrogens with zero attached hydrogens (tertiary/aromatic N) is 6. The van der Waals surface area contributed by atoms with Crippen LogP contribution in [0.4, 0.5) is 11.5 Å². The van der Waals surface area contributed by atoms with Gasteiger partial charge in [-0.25, -0.2) is 4.98 Å². The molecule has 1 unspecified atom stereocenters. The molecule has 0 saturated carbocycles. The lowest BCUT2D eigenvalue weighted by Gasteiger charge is -2.30. The molecule has 0 spiro atoms. The summed E-state index contributed by atoms with van der Waals surface area (Å²) >= 11 is 0. The molecule has 194 valence electrons. The van der Waals surface area contributed by atoms with Crippen LogP contribution in [0.2, 0.25) is 0 Å². The van der Waals surface area contributed by atoms with Gasteiger partial charge in [-0.3, -0.25) is 19.5 Å². The minimum atomic E-state index is -0.265. The molecule has 37 heavy (non-hydrogen) atoms. The molecule has 0 bridgehead atoms. The van der Waals surface area contributed by atoms with Crippen LogP contribution >= 0.6 is 0 Å². The number of anilines is 2. The zero-order valence-electron chi connectivity index (χ0n) is 22.3. The fraction of sp³-hybridized carbons (Fsp3) is 0.393. The third-order valence-electron chi connectivity index (χ3n) is 6.44. The minimum Gasteiger partial charge on any atom is -0.345 e. The van der Waals surface area contributed by atoms with Gasteiger partial charge in [0.15, 0.2) is 0 Å². The van der Waals surface area contributed by atoms with Crippen molar-refractivity contribution in [3.05, 3.63) is 65.9 Å². The average molecular weight is 501 g/mol. The van der Waals surface area contributed by atoms with E-state index in [9.17, 15) is 4.79 Å². The first-order chi connectivity index (χ1) is 17.6. The lowest BCUT2D eigenvalue weighted by Crippen LogP contribution is -2.35. The molecule has 4 rings (SSSR count). The summed E-state index contributed by atoms with van der Waals surface area (Å²) in [5.74, 6) is 0.619. The molecule has 0 saturated heterocycles. The van der Waals surface area contributed by atoms with Crippen molar-refractivity contribution in [2.24, 2.45) is 12.1 Å². The highest BCUT2D eigenvalue weighted by atomic mass is 16.1. The van der Waals surface area contributed by atoms with E-state index in [4.69, 9.17) is 4.98 Å². The van der Waals surface area contributed by atoms with Gasteiger partial charge in [0.2, 0.25) is 5.91 Å². The van der Waals surface area contributed by atoms with E-state index >= 15 is 0 Å². The summed E-state index contributed by atoms with van der Waals surface area (Å²) in [7, 11) is 1.88. The zero-order valence-corrected chi connectivity index (χ0v) is 22.3. The molecule has 3 aromatic heterocycles. The van der Waals surface area contributed by atoms with Gasteiger partial charge in [0.25, 0.3) is 0 Å². The number of carbonyl (C=O) groups is 1. The number of carbonyl (C=O) groups excluding carboxylic acids is 1. The second-order valence-electron chi connectivity index (χ2n) is 10.5. The van der Waals surface area contributed by atoms with Gasteiger partial charge in [-0.05, 0) is 76.3 Å². The number of amides is 1. The van der Waals surface area contributed by atoms with Gasteiger partial charge >= 0.3 is 0 Å². The van der Waals surface area contributed by atoms with Crippen molar-refractivity contribution in [2.75, 3.05) is 5.32 Å². The minimum absolute atomic E-state index is 0.0880. The number of hydrazone groups is 1. The SMILES string of the molecule is C=NN(/C=C(\C)C(=O)NC1CCCCc2cc(-c3ccnc(Nc4cnn(C)c4)c3)ncc21)C(C)(C)C. The van der Waals surface area contributed by atoms with Gasteiger partial charge in [-0.2, -0.15) is 10.2 Å². The number of fused-ring (bicyclic) bond motifs is 1. The van der Waals surface area contributed by atoms with Crippen molar-refractivity contribution in [1.29, 1.82) is 0 Å². The van der Waals surface area contributed by atoms with Crippen molar-refractivity contribution < 1.29 is 4.79 Å². The first-order valence-electron chi connectivity index (χ1n) is 12.6. The molecule has 0 radical (unpaired) electrons. The maximum Gasteiger partial charge on any atom is 0.248 e. The molecule has 9 heteroatoms. The van der Waals surface area contributed by atoms with Crippen LogP contribution in [0.25, 0.3) is 11.3 Å². The van der Waals surface area contributed by atoms with Crippen molar-refractivity contribution in [2.45, 2.75) is 65.0 Å². The fourth-order valence-electron chi connectivity index (χ4n) is 4.42. The Morgan fingerprint density at radius 1 is 1.24 bits per heavy atom. The van der Waals surface area contributed by atoms with Gasteiger partial charge in [-0.15, -0.1) is 0 Å². The number of aryl methyl sites for hydroxylation is 2. The van der Waals surface area contributed by atoms with E-state index in [2.05, 4.69) is 38.6 Å². The normalized spacial score (nSPS) is 15.9. The van der Waals surface area contributed by atoms with Crippen molar-refractivity contribution in [3.8, 4) is 11.3 Å². The third kappa shape index (κ3) is 6.41. The second-order valence-corrected chi connectivity index (χ2v) is 10.5. The quantitative estimate of drug-likeness (QED) is 0.202. The van der Waals surface area contributed by atoms with Crippen molar-refractivity contribution in [3.63, 3.8) is 0 Å². The summed E-state index contributed by atoms with van der Waals surface area (Å²) in [6.45, 7) is 11.5. The Bertz CT molecular complexity index is 1300. The predicted molar refractivity (Wildman–Crippen MR) is 147 cm³/mol. The molecular weight excluding hydrogens is 464 g/mol. The van der Waals surface area contributed by atoms with Gasteiger partial charge in [0.1, 0.15) is 5.82 Å². The summed E-state index contributed by atoms with van der Waals surface area (Å²) < 4.78 is 1.74. The van der Waals surface area contributed by atoms with E-state index in [1.54, 1.807) is 35.2 Å². The highest BCUT2D eigenvalue weighted by Gasteiger charge is 2.24. The van der Waals surface area contributed by atoms with Gasteiger partial charge < -0.3 is 10.6 Å². The van der Waals surface area contributed by atoms with Crippen LogP contribution < -0.4 is 10.6 Å². The number of rotatable bonds is 7.